The Kier molecular flexibility index (Phi) is 8.80. The van der Waals surface area contributed by atoms with Gasteiger partial charge in [-0.3, -0.25) is 9.89 Å². The van der Waals surface area contributed by atoms with E-state index in [9.17, 15) is 4.79 Å². The minimum atomic E-state index is -0.308. The second-order valence-electron chi connectivity index (χ2n) is 7.81. The van der Waals surface area contributed by atoms with Crippen LogP contribution in [0.1, 0.15) is 69.7 Å². The first-order chi connectivity index (χ1) is 16.2. The van der Waals surface area contributed by atoms with Gasteiger partial charge in [0.2, 0.25) is 0 Å². The molecule has 0 unspecified atom stereocenters. The maximum Gasteiger partial charge on any atom is 0.260 e. The third kappa shape index (κ3) is 5.88. The molecule has 1 aromatic carbocycles. The van der Waals surface area contributed by atoms with Gasteiger partial charge in [0.05, 0.1) is 30.6 Å². The summed E-state index contributed by atoms with van der Waals surface area (Å²) in [4.78, 5) is 16.8. The van der Waals surface area contributed by atoms with Crippen molar-refractivity contribution >= 4 is 28.3 Å². The molecule has 1 aliphatic carbocycles. The van der Waals surface area contributed by atoms with Crippen LogP contribution in [-0.2, 0) is 0 Å². The molecule has 2 N–H and O–H groups in total. The van der Waals surface area contributed by atoms with Crippen LogP contribution in [0, 0.1) is 5.92 Å². The zero-order valence-corrected chi connectivity index (χ0v) is 20.0. The molecule has 5 rings (SSSR count). The zero-order chi connectivity index (χ0) is 23.6. The Morgan fingerprint density at radius 2 is 2.00 bits per heavy atom. The first-order valence-electron chi connectivity index (χ1n) is 11.8. The van der Waals surface area contributed by atoms with E-state index in [1.165, 1.54) is 45.6 Å². The van der Waals surface area contributed by atoms with Crippen molar-refractivity contribution in [3.63, 3.8) is 0 Å². The van der Waals surface area contributed by atoms with Crippen LogP contribution in [0.2, 0.25) is 0 Å². The van der Waals surface area contributed by atoms with Gasteiger partial charge in [0.25, 0.3) is 5.91 Å². The topological polar surface area (TPSA) is 97.2 Å². The molecule has 0 bridgehead atoms. The number of fused-ring (bicyclic) bond motifs is 2. The number of hydrogen-bond acceptors (Lipinski definition) is 5. The molecule has 0 atom stereocenters. The number of amides is 1. The molecule has 8 nitrogen and oxygen atoms in total. The quantitative estimate of drug-likeness (QED) is 0.405. The van der Waals surface area contributed by atoms with Crippen molar-refractivity contribution < 1.29 is 9.53 Å². The molecule has 8 heteroatoms. The van der Waals surface area contributed by atoms with E-state index in [1.807, 2.05) is 13.8 Å². The number of carbonyl (C=O) groups excluding carboxylic acids is 1. The van der Waals surface area contributed by atoms with Crippen LogP contribution in [0.4, 0.5) is 5.82 Å². The fraction of sp³-hybridized carbons (Fsp3) is 0.440. The lowest BCUT2D eigenvalue weighted by Crippen LogP contribution is -2.15. The summed E-state index contributed by atoms with van der Waals surface area (Å²) in [7, 11) is 1.52. The Hall–Kier alpha value is -3.42. The number of aromatic amines is 1. The van der Waals surface area contributed by atoms with E-state index >= 15 is 0 Å². The predicted molar refractivity (Wildman–Crippen MR) is 132 cm³/mol. The lowest BCUT2D eigenvalue weighted by molar-refractivity contribution is 0.102. The number of aromatic nitrogens is 5. The highest BCUT2D eigenvalue weighted by molar-refractivity contribution is 6.08. The smallest absolute Gasteiger partial charge is 0.260 e. The maximum absolute atomic E-state index is 12.6. The molecular weight excluding hydrogens is 416 g/mol. The average molecular weight is 451 g/mol. The number of H-pyrrole nitrogens is 1. The van der Waals surface area contributed by atoms with Gasteiger partial charge in [-0.15, -0.1) is 0 Å². The molecule has 33 heavy (non-hydrogen) atoms. The molecule has 4 aromatic rings. The van der Waals surface area contributed by atoms with Crippen molar-refractivity contribution in [2.45, 2.75) is 59.3 Å². The number of rotatable bonds is 4. The van der Waals surface area contributed by atoms with Gasteiger partial charge in [0.1, 0.15) is 5.75 Å². The van der Waals surface area contributed by atoms with Gasteiger partial charge >= 0.3 is 0 Å². The van der Waals surface area contributed by atoms with Crippen molar-refractivity contribution in [1.82, 2.24) is 24.8 Å². The summed E-state index contributed by atoms with van der Waals surface area (Å²) in [5.41, 5.74) is 1.86. The molecule has 3 heterocycles. The van der Waals surface area contributed by atoms with E-state index in [-0.39, 0.29) is 5.91 Å². The van der Waals surface area contributed by atoms with Crippen LogP contribution in [-0.4, -0.2) is 37.8 Å². The molecule has 1 amide bonds. The monoisotopic (exact) mass is 450 g/mol. The summed E-state index contributed by atoms with van der Waals surface area (Å²) in [6.45, 7) is 6.32. The Bertz CT molecular complexity index is 1160. The highest BCUT2D eigenvalue weighted by atomic mass is 16.5. The Balaban J connectivity index is 0.000000258. The molecule has 3 aromatic heterocycles. The number of hydrogen-bond donors (Lipinski definition) is 2. The summed E-state index contributed by atoms with van der Waals surface area (Å²) >= 11 is 0. The number of carbonyl (C=O) groups is 1. The summed E-state index contributed by atoms with van der Waals surface area (Å²) in [6, 6.07) is 7.05. The number of imidazole rings is 1. The SMILES string of the molecule is CC.CCC1CCCCC1.COc1cc2[nH]ncc2cc1C(=O)Nc1cnc2cccnn12. The van der Waals surface area contributed by atoms with Gasteiger partial charge in [-0.05, 0) is 24.1 Å². The highest BCUT2D eigenvalue weighted by Crippen LogP contribution is 2.26. The third-order valence-electron chi connectivity index (χ3n) is 5.83. The normalized spacial score (nSPS) is 13.6. The summed E-state index contributed by atoms with van der Waals surface area (Å²) in [5.74, 6) is 1.72. The minimum Gasteiger partial charge on any atom is -0.496 e. The number of benzene rings is 1. The van der Waals surface area contributed by atoms with Crippen LogP contribution in [0.3, 0.4) is 0 Å². The fourth-order valence-corrected chi connectivity index (χ4v) is 4.01. The first kappa shape index (κ1) is 24.2. The highest BCUT2D eigenvalue weighted by Gasteiger charge is 2.16. The van der Waals surface area contributed by atoms with Crippen molar-refractivity contribution in [3.8, 4) is 5.75 Å². The Morgan fingerprint density at radius 1 is 1.21 bits per heavy atom. The van der Waals surface area contributed by atoms with Gasteiger partial charge in [-0.25, -0.2) is 4.98 Å². The van der Waals surface area contributed by atoms with E-state index in [0.29, 0.717) is 22.8 Å². The first-order valence-corrected chi connectivity index (χ1v) is 11.8. The fourth-order valence-electron chi connectivity index (χ4n) is 4.01. The maximum atomic E-state index is 12.6. The van der Waals surface area contributed by atoms with Crippen molar-refractivity contribution in [2.75, 3.05) is 12.4 Å². The number of anilines is 1. The number of methoxy groups -OCH3 is 1. The molecule has 0 saturated heterocycles. The van der Waals surface area contributed by atoms with Crippen LogP contribution >= 0.6 is 0 Å². The summed E-state index contributed by atoms with van der Waals surface area (Å²) in [5, 5.41) is 14.6. The van der Waals surface area contributed by atoms with Gasteiger partial charge in [0, 0.05) is 17.6 Å². The molecular formula is C25H34N6O2. The number of nitrogens with zero attached hydrogens (tertiary/aromatic N) is 4. The predicted octanol–water partition coefficient (Wildman–Crippen LogP) is 5.87. The van der Waals surface area contributed by atoms with E-state index in [2.05, 4.69) is 32.5 Å². The molecule has 176 valence electrons. The largest absolute Gasteiger partial charge is 0.496 e. The molecule has 1 saturated carbocycles. The van der Waals surface area contributed by atoms with E-state index in [1.54, 1.807) is 47.4 Å². The summed E-state index contributed by atoms with van der Waals surface area (Å²) in [6.07, 6.45) is 13.8. The molecule has 1 aliphatic rings. The minimum absolute atomic E-state index is 0.308. The van der Waals surface area contributed by atoms with Crippen LogP contribution in [0.5, 0.6) is 5.75 Å². The van der Waals surface area contributed by atoms with E-state index in [4.69, 9.17) is 4.74 Å². The summed E-state index contributed by atoms with van der Waals surface area (Å²) < 4.78 is 6.86. The van der Waals surface area contributed by atoms with Gasteiger partial charge in [-0.2, -0.15) is 14.7 Å². The number of nitrogens with one attached hydrogen (secondary N) is 2. The Morgan fingerprint density at radius 3 is 2.70 bits per heavy atom. The van der Waals surface area contributed by atoms with Gasteiger partial charge < -0.3 is 10.1 Å². The van der Waals surface area contributed by atoms with Crippen molar-refractivity contribution in [1.29, 1.82) is 0 Å². The molecule has 0 spiro atoms. The van der Waals surface area contributed by atoms with Crippen molar-refractivity contribution in [2.24, 2.45) is 5.92 Å². The third-order valence-corrected chi connectivity index (χ3v) is 5.83. The van der Waals surface area contributed by atoms with Gasteiger partial charge in [-0.1, -0.05) is 59.3 Å². The van der Waals surface area contributed by atoms with E-state index < -0.39 is 0 Å². The van der Waals surface area contributed by atoms with Crippen LogP contribution in [0.25, 0.3) is 16.6 Å². The Labute approximate surface area is 194 Å². The lowest BCUT2D eigenvalue weighted by Gasteiger charge is -2.18. The van der Waals surface area contributed by atoms with Crippen LogP contribution in [0.15, 0.2) is 42.9 Å². The molecule has 0 aliphatic heterocycles. The van der Waals surface area contributed by atoms with Gasteiger partial charge in [0.15, 0.2) is 11.5 Å². The average Bonchev–Trinajstić information content (AvgIpc) is 3.52. The standard InChI is InChI=1S/C15H12N6O2.C8H16.C2H6/c1-23-12-6-11-9(7-17-20-11)5-10(12)15(22)19-14-8-16-13-3-2-4-18-21(13)14;1-2-8-6-4-3-5-7-8;1-2/h2-8H,1H3,(H,17,20)(H,19,22);8H,2-7H2,1H3;1-2H3. The molecule has 1 fully saturated rings. The van der Waals surface area contributed by atoms with Crippen LogP contribution < -0.4 is 10.1 Å². The van der Waals surface area contributed by atoms with E-state index in [0.717, 1.165) is 16.8 Å². The molecule has 0 radical (unpaired) electrons. The second-order valence-corrected chi connectivity index (χ2v) is 7.81. The second kappa shape index (κ2) is 12.0. The van der Waals surface area contributed by atoms with Crippen molar-refractivity contribution in [3.05, 3.63) is 48.4 Å². The lowest BCUT2D eigenvalue weighted by atomic mass is 9.88. The number of ether oxygens (including phenoxy) is 1. The zero-order valence-electron chi connectivity index (χ0n) is 20.0.